The molecule has 6 nitrogen and oxygen atoms in total. The Morgan fingerprint density at radius 3 is 2.89 bits per heavy atom. The number of aromatic nitrogens is 1. The number of likely N-dealkylation sites (tertiary alicyclic amines) is 1. The molecule has 2 N–H and O–H groups in total. The number of amides is 2. The summed E-state index contributed by atoms with van der Waals surface area (Å²) < 4.78 is 13.2. The van der Waals surface area contributed by atoms with Crippen molar-refractivity contribution < 1.29 is 19.1 Å². The van der Waals surface area contributed by atoms with E-state index in [9.17, 15) is 14.0 Å². The zero-order chi connectivity index (χ0) is 14.0. The standard InChI is InChI=1S/C12H14FN3O3/c1-7-3-2-4-10(14-7)15-11(17)9-5-8(13)6-16(9)12(18)19/h2-4,8-9H,5-6H2,1H3,(H,18,19)(H,14,15,17). The predicted octanol–water partition coefficient (Wildman–Crippen LogP) is 1.42. The van der Waals surface area contributed by atoms with Crippen molar-refractivity contribution in [3.63, 3.8) is 0 Å². The summed E-state index contributed by atoms with van der Waals surface area (Å²) in [6, 6.07) is 4.08. The third-order valence-corrected chi connectivity index (χ3v) is 2.94. The third kappa shape index (κ3) is 2.98. The number of aryl methyl sites for hydroxylation is 1. The molecule has 0 saturated carbocycles. The molecular formula is C12H14FN3O3. The number of nitrogens with one attached hydrogen (secondary N) is 1. The molecule has 0 radical (unpaired) electrons. The maximum atomic E-state index is 13.2. The smallest absolute Gasteiger partial charge is 0.408 e. The van der Waals surface area contributed by atoms with Crippen LogP contribution in [0, 0.1) is 6.92 Å². The molecule has 0 aromatic carbocycles. The fraction of sp³-hybridized carbons (Fsp3) is 0.417. The number of halogens is 1. The average Bonchev–Trinajstić information content (AvgIpc) is 2.71. The Hall–Kier alpha value is -2.18. The van der Waals surface area contributed by atoms with Crippen LogP contribution in [0.3, 0.4) is 0 Å². The van der Waals surface area contributed by atoms with Gasteiger partial charge in [-0.15, -0.1) is 0 Å². The number of carboxylic acid groups (broad SMARTS) is 1. The highest BCUT2D eigenvalue weighted by molar-refractivity contribution is 5.96. The van der Waals surface area contributed by atoms with Gasteiger partial charge in [0.25, 0.3) is 0 Å². The number of carbonyl (C=O) groups excluding carboxylic acids is 1. The van der Waals surface area contributed by atoms with Crippen molar-refractivity contribution in [1.82, 2.24) is 9.88 Å². The van der Waals surface area contributed by atoms with Gasteiger partial charge in [-0.1, -0.05) is 6.07 Å². The minimum absolute atomic E-state index is 0.121. The Balaban J connectivity index is 2.09. The molecule has 2 atom stereocenters. The summed E-state index contributed by atoms with van der Waals surface area (Å²) in [5, 5.41) is 11.4. The molecule has 2 heterocycles. The molecule has 19 heavy (non-hydrogen) atoms. The van der Waals surface area contributed by atoms with Gasteiger partial charge in [0, 0.05) is 12.1 Å². The van der Waals surface area contributed by atoms with Crippen LogP contribution in [-0.4, -0.2) is 45.7 Å². The fourth-order valence-electron chi connectivity index (χ4n) is 2.07. The molecule has 1 saturated heterocycles. The highest BCUT2D eigenvalue weighted by atomic mass is 19.1. The van der Waals surface area contributed by atoms with Gasteiger partial charge in [0.15, 0.2) is 0 Å². The van der Waals surface area contributed by atoms with Crippen LogP contribution in [0.25, 0.3) is 0 Å². The Morgan fingerprint density at radius 1 is 1.53 bits per heavy atom. The van der Waals surface area contributed by atoms with Gasteiger partial charge in [-0.05, 0) is 19.1 Å². The molecule has 1 aromatic heterocycles. The van der Waals surface area contributed by atoms with Gasteiger partial charge in [-0.2, -0.15) is 0 Å². The predicted molar refractivity (Wildman–Crippen MR) is 65.6 cm³/mol. The highest BCUT2D eigenvalue weighted by Crippen LogP contribution is 2.21. The number of nitrogens with zero attached hydrogens (tertiary/aromatic N) is 2. The minimum Gasteiger partial charge on any atom is -0.465 e. The summed E-state index contributed by atoms with van der Waals surface area (Å²) in [4.78, 5) is 27.8. The molecule has 102 valence electrons. The Kier molecular flexibility index (Phi) is 3.64. The highest BCUT2D eigenvalue weighted by Gasteiger charge is 2.40. The van der Waals surface area contributed by atoms with Crippen LogP contribution in [0.15, 0.2) is 18.2 Å². The van der Waals surface area contributed by atoms with Crippen LogP contribution in [-0.2, 0) is 4.79 Å². The minimum atomic E-state index is -1.31. The molecule has 0 aliphatic carbocycles. The number of alkyl halides is 1. The fourth-order valence-corrected chi connectivity index (χ4v) is 2.07. The topological polar surface area (TPSA) is 82.5 Å². The molecule has 1 aliphatic heterocycles. The van der Waals surface area contributed by atoms with Crippen LogP contribution in [0.5, 0.6) is 0 Å². The van der Waals surface area contributed by atoms with E-state index in [0.717, 1.165) is 10.6 Å². The van der Waals surface area contributed by atoms with E-state index in [1.807, 2.05) is 0 Å². The van der Waals surface area contributed by atoms with E-state index in [2.05, 4.69) is 10.3 Å². The lowest BCUT2D eigenvalue weighted by molar-refractivity contribution is -0.120. The SMILES string of the molecule is Cc1cccc(NC(=O)C2CC(F)CN2C(=O)O)n1. The quantitative estimate of drug-likeness (QED) is 0.849. The number of anilines is 1. The molecule has 0 bridgehead atoms. The van der Waals surface area contributed by atoms with Crippen molar-refractivity contribution in [2.75, 3.05) is 11.9 Å². The first-order valence-corrected chi connectivity index (χ1v) is 5.85. The number of carbonyl (C=O) groups is 2. The first-order chi connectivity index (χ1) is 8.97. The molecule has 7 heteroatoms. The van der Waals surface area contributed by atoms with Crippen molar-refractivity contribution in [1.29, 1.82) is 0 Å². The van der Waals surface area contributed by atoms with Crippen molar-refractivity contribution in [2.45, 2.75) is 25.6 Å². The molecule has 1 aliphatic rings. The maximum absolute atomic E-state index is 13.2. The zero-order valence-electron chi connectivity index (χ0n) is 10.3. The van der Waals surface area contributed by atoms with Crippen molar-refractivity contribution in [3.8, 4) is 0 Å². The lowest BCUT2D eigenvalue weighted by Gasteiger charge is -2.19. The van der Waals surface area contributed by atoms with Gasteiger partial charge in [0.1, 0.15) is 18.0 Å². The monoisotopic (exact) mass is 267 g/mol. The van der Waals surface area contributed by atoms with Gasteiger partial charge in [0.2, 0.25) is 5.91 Å². The zero-order valence-corrected chi connectivity index (χ0v) is 10.3. The van der Waals surface area contributed by atoms with Gasteiger partial charge in [0.05, 0.1) is 6.54 Å². The number of rotatable bonds is 2. The van der Waals surface area contributed by atoms with E-state index in [1.165, 1.54) is 0 Å². The first-order valence-electron chi connectivity index (χ1n) is 5.85. The summed E-state index contributed by atoms with van der Waals surface area (Å²) in [6.45, 7) is 1.50. The summed E-state index contributed by atoms with van der Waals surface area (Å²) in [5.41, 5.74) is 0.725. The van der Waals surface area contributed by atoms with Gasteiger partial charge in [-0.3, -0.25) is 9.69 Å². The van der Waals surface area contributed by atoms with Crippen molar-refractivity contribution >= 4 is 17.8 Å². The van der Waals surface area contributed by atoms with E-state index in [-0.39, 0.29) is 13.0 Å². The van der Waals surface area contributed by atoms with E-state index in [1.54, 1.807) is 25.1 Å². The summed E-state index contributed by atoms with van der Waals surface area (Å²) >= 11 is 0. The van der Waals surface area contributed by atoms with Crippen molar-refractivity contribution in [2.24, 2.45) is 0 Å². The molecule has 2 rings (SSSR count). The Labute approximate surface area is 109 Å². The van der Waals surface area contributed by atoms with E-state index >= 15 is 0 Å². The van der Waals surface area contributed by atoms with Crippen LogP contribution in [0.4, 0.5) is 15.0 Å². The second kappa shape index (κ2) is 5.21. The molecule has 0 spiro atoms. The van der Waals surface area contributed by atoms with Gasteiger partial charge >= 0.3 is 6.09 Å². The van der Waals surface area contributed by atoms with Crippen molar-refractivity contribution in [3.05, 3.63) is 23.9 Å². The van der Waals surface area contributed by atoms with Crippen LogP contribution >= 0.6 is 0 Å². The summed E-state index contributed by atoms with van der Waals surface area (Å²) in [6.07, 6.45) is -2.72. The summed E-state index contributed by atoms with van der Waals surface area (Å²) in [5.74, 6) is -0.224. The lowest BCUT2D eigenvalue weighted by atomic mass is 10.2. The largest absolute Gasteiger partial charge is 0.465 e. The maximum Gasteiger partial charge on any atom is 0.408 e. The first kappa shape index (κ1) is 13.3. The Bertz CT molecular complexity index is 509. The second-order valence-electron chi connectivity index (χ2n) is 4.44. The molecule has 1 aromatic rings. The third-order valence-electron chi connectivity index (χ3n) is 2.94. The molecule has 1 fully saturated rings. The molecular weight excluding hydrogens is 253 g/mol. The normalized spacial score (nSPS) is 22.3. The van der Waals surface area contributed by atoms with Gasteiger partial charge < -0.3 is 10.4 Å². The molecule has 2 unspecified atom stereocenters. The number of hydrogen-bond donors (Lipinski definition) is 2. The number of pyridine rings is 1. The van der Waals surface area contributed by atoms with E-state index in [0.29, 0.717) is 5.82 Å². The number of hydrogen-bond acceptors (Lipinski definition) is 3. The summed E-state index contributed by atoms with van der Waals surface area (Å²) in [7, 11) is 0. The average molecular weight is 267 g/mol. The van der Waals surface area contributed by atoms with Crippen LogP contribution in [0.2, 0.25) is 0 Å². The molecule has 2 amide bonds. The lowest BCUT2D eigenvalue weighted by Crippen LogP contribution is -2.42. The Morgan fingerprint density at radius 2 is 2.26 bits per heavy atom. The van der Waals surface area contributed by atoms with E-state index < -0.39 is 24.2 Å². The van der Waals surface area contributed by atoms with Crippen LogP contribution < -0.4 is 5.32 Å². The van der Waals surface area contributed by atoms with E-state index in [4.69, 9.17) is 5.11 Å². The van der Waals surface area contributed by atoms with Crippen LogP contribution in [0.1, 0.15) is 12.1 Å². The van der Waals surface area contributed by atoms with Gasteiger partial charge in [-0.25, -0.2) is 14.2 Å². The second-order valence-corrected chi connectivity index (χ2v) is 4.44.